The maximum atomic E-state index is 13.1. The quantitative estimate of drug-likeness (QED) is 0.638. The standard InChI is InChI=1S/C22H31N3O5/c1-5-24(14-16-9-10-17(29-3)18(13-16)30-4)19(26)15-25-20(27)22(23(2)21(25)28)11-7-6-8-12-22/h9-10,13H,5-8,11-12,14-15H2,1-4H3. The number of hydrogen-bond acceptors (Lipinski definition) is 5. The zero-order valence-electron chi connectivity index (χ0n) is 18.3. The van der Waals surface area contributed by atoms with Crippen LogP contribution in [0.4, 0.5) is 4.79 Å². The van der Waals surface area contributed by atoms with Crippen molar-refractivity contribution in [1.29, 1.82) is 0 Å². The monoisotopic (exact) mass is 417 g/mol. The maximum absolute atomic E-state index is 13.1. The Morgan fingerprint density at radius 1 is 1.10 bits per heavy atom. The first-order valence-electron chi connectivity index (χ1n) is 10.5. The molecule has 1 saturated carbocycles. The van der Waals surface area contributed by atoms with Crippen molar-refractivity contribution in [3.05, 3.63) is 23.8 Å². The molecule has 1 aliphatic heterocycles. The number of likely N-dealkylation sites (N-methyl/N-ethyl adjacent to an activating group) is 2. The van der Waals surface area contributed by atoms with Crippen molar-refractivity contribution in [3.8, 4) is 11.5 Å². The van der Waals surface area contributed by atoms with Gasteiger partial charge in [0.1, 0.15) is 12.1 Å². The molecular formula is C22H31N3O5. The van der Waals surface area contributed by atoms with Gasteiger partial charge >= 0.3 is 6.03 Å². The van der Waals surface area contributed by atoms with Crippen LogP contribution in [0.5, 0.6) is 11.5 Å². The minimum Gasteiger partial charge on any atom is -0.493 e. The molecule has 1 heterocycles. The average molecular weight is 418 g/mol. The molecule has 1 aliphatic carbocycles. The Kier molecular flexibility index (Phi) is 6.53. The van der Waals surface area contributed by atoms with Crippen LogP contribution in [0.2, 0.25) is 0 Å². The summed E-state index contributed by atoms with van der Waals surface area (Å²) >= 11 is 0. The van der Waals surface area contributed by atoms with Gasteiger partial charge in [0.05, 0.1) is 14.2 Å². The lowest BCUT2D eigenvalue weighted by Gasteiger charge is -2.35. The number of amides is 4. The smallest absolute Gasteiger partial charge is 0.327 e. The number of benzene rings is 1. The second-order valence-electron chi connectivity index (χ2n) is 7.92. The van der Waals surface area contributed by atoms with Gasteiger partial charge in [-0.05, 0) is 37.5 Å². The van der Waals surface area contributed by atoms with E-state index in [0.717, 1.165) is 29.7 Å². The van der Waals surface area contributed by atoms with Crippen molar-refractivity contribution in [1.82, 2.24) is 14.7 Å². The molecule has 2 fully saturated rings. The molecule has 0 atom stereocenters. The van der Waals surface area contributed by atoms with Crippen molar-refractivity contribution < 1.29 is 23.9 Å². The molecule has 3 rings (SSSR count). The Bertz CT molecular complexity index is 819. The zero-order valence-corrected chi connectivity index (χ0v) is 18.3. The van der Waals surface area contributed by atoms with Crippen LogP contribution >= 0.6 is 0 Å². The van der Waals surface area contributed by atoms with E-state index in [2.05, 4.69) is 0 Å². The lowest BCUT2D eigenvalue weighted by molar-refractivity contribution is -0.140. The van der Waals surface area contributed by atoms with E-state index in [1.807, 2.05) is 19.1 Å². The van der Waals surface area contributed by atoms with E-state index in [9.17, 15) is 14.4 Å². The number of nitrogens with zero attached hydrogens (tertiary/aromatic N) is 3. The molecular weight excluding hydrogens is 386 g/mol. The summed E-state index contributed by atoms with van der Waals surface area (Å²) in [4.78, 5) is 43.2. The summed E-state index contributed by atoms with van der Waals surface area (Å²) in [5.74, 6) is 0.717. The van der Waals surface area contributed by atoms with E-state index in [0.29, 0.717) is 37.4 Å². The summed E-state index contributed by atoms with van der Waals surface area (Å²) in [6.45, 7) is 2.46. The van der Waals surface area contributed by atoms with Gasteiger partial charge in [-0.3, -0.25) is 14.5 Å². The number of ether oxygens (including phenoxy) is 2. The summed E-state index contributed by atoms with van der Waals surface area (Å²) in [6.07, 6.45) is 4.26. The lowest BCUT2D eigenvalue weighted by atomic mass is 9.81. The van der Waals surface area contributed by atoms with Gasteiger partial charge in [-0.15, -0.1) is 0 Å². The topological polar surface area (TPSA) is 79.4 Å². The SMILES string of the molecule is CCN(Cc1ccc(OC)c(OC)c1)C(=O)CN1C(=O)N(C)C2(CCCCC2)C1=O. The van der Waals surface area contributed by atoms with E-state index in [4.69, 9.17) is 9.47 Å². The molecule has 8 nitrogen and oxygen atoms in total. The summed E-state index contributed by atoms with van der Waals surface area (Å²) in [5, 5.41) is 0. The van der Waals surface area contributed by atoms with E-state index in [1.165, 1.54) is 0 Å². The van der Waals surface area contributed by atoms with Gasteiger partial charge < -0.3 is 19.3 Å². The van der Waals surface area contributed by atoms with Gasteiger partial charge in [-0.25, -0.2) is 4.79 Å². The Morgan fingerprint density at radius 2 is 1.77 bits per heavy atom. The summed E-state index contributed by atoms with van der Waals surface area (Å²) in [6, 6.07) is 5.11. The predicted molar refractivity (Wildman–Crippen MR) is 111 cm³/mol. The molecule has 0 bridgehead atoms. The number of rotatable bonds is 7. The number of hydrogen-bond donors (Lipinski definition) is 0. The number of urea groups is 1. The molecule has 8 heteroatoms. The zero-order chi connectivity index (χ0) is 21.9. The largest absolute Gasteiger partial charge is 0.493 e. The molecule has 0 N–H and O–H groups in total. The van der Waals surface area contributed by atoms with Gasteiger partial charge in [0.15, 0.2) is 11.5 Å². The fourth-order valence-corrected chi connectivity index (χ4v) is 4.48. The van der Waals surface area contributed by atoms with Crippen LogP contribution in [0, 0.1) is 0 Å². The molecule has 1 saturated heterocycles. The highest BCUT2D eigenvalue weighted by Crippen LogP contribution is 2.39. The number of carbonyl (C=O) groups is 3. The van der Waals surface area contributed by atoms with Crippen molar-refractivity contribution in [2.24, 2.45) is 0 Å². The molecule has 164 valence electrons. The van der Waals surface area contributed by atoms with Crippen molar-refractivity contribution in [3.63, 3.8) is 0 Å². The molecule has 4 amide bonds. The molecule has 30 heavy (non-hydrogen) atoms. The fraction of sp³-hybridized carbons (Fsp3) is 0.591. The Hall–Kier alpha value is -2.77. The minimum absolute atomic E-state index is 0.231. The van der Waals surface area contributed by atoms with Gasteiger partial charge in [0.2, 0.25) is 5.91 Å². The first-order valence-corrected chi connectivity index (χ1v) is 10.5. The van der Waals surface area contributed by atoms with Crippen molar-refractivity contribution in [2.75, 3.05) is 34.4 Å². The third-order valence-electron chi connectivity index (χ3n) is 6.33. The molecule has 2 aliphatic rings. The lowest BCUT2D eigenvalue weighted by Crippen LogP contribution is -2.49. The molecule has 1 spiro atoms. The predicted octanol–water partition coefficient (Wildman–Crippen LogP) is 2.65. The second kappa shape index (κ2) is 8.93. The normalized spacial score (nSPS) is 18.1. The Labute approximate surface area is 177 Å². The minimum atomic E-state index is -0.768. The first kappa shape index (κ1) is 21.9. The number of methoxy groups -OCH3 is 2. The molecule has 0 aromatic heterocycles. The van der Waals surface area contributed by atoms with Crippen LogP contribution < -0.4 is 9.47 Å². The summed E-state index contributed by atoms with van der Waals surface area (Å²) in [5.41, 5.74) is 0.110. The molecule has 1 aromatic rings. The van der Waals surface area contributed by atoms with E-state index in [1.54, 1.807) is 37.1 Å². The van der Waals surface area contributed by atoms with Crippen LogP contribution in [0.25, 0.3) is 0 Å². The second-order valence-corrected chi connectivity index (χ2v) is 7.92. The van der Waals surface area contributed by atoms with Crippen molar-refractivity contribution >= 4 is 17.8 Å². The van der Waals surface area contributed by atoms with Gasteiger partial charge in [-0.1, -0.05) is 25.3 Å². The molecule has 0 radical (unpaired) electrons. The van der Waals surface area contributed by atoms with Crippen molar-refractivity contribution in [2.45, 2.75) is 51.1 Å². The third-order valence-corrected chi connectivity index (χ3v) is 6.33. The molecule has 1 aromatic carbocycles. The van der Waals surface area contributed by atoms with E-state index >= 15 is 0 Å². The van der Waals surface area contributed by atoms with Crippen LogP contribution in [-0.4, -0.2) is 72.4 Å². The first-order chi connectivity index (χ1) is 14.4. The number of carbonyl (C=O) groups excluding carboxylic acids is 3. The van der Waals surface area contributed by atoms with Crippen LogP contribution in [0.15, 0.2) is 18.2 Å². The van der Waals surface area contributed by atoms with Gasteiger partial charge in [-0.2, -0.15) is 0 Å². The highest BCUT2D eigenvalue weighted by atomic mass is 16.5. The van der Waals surface area contributed by atoms with Gasteiger partial charge in [0, 0.05) is 20.1 Å². The van der Waals surface area contributed by atoms with Crippen LogP contribution in [0.3, 0.4) is 0 Å². The Morgan fingerprint density at radius 3 is 2.37 bits per heavy atom. The maximum Gasteiger partial charge on any atom is 0.327 e. The van der Waals surface area contributed by atoms with E-state index < -0.39 is 5.54 Å². The highest BCUT2D eigenvalue weighted by Gasteiger charge is 2.55. The molecule has 0 unspecified atom stereocenters. The summed E-state index contributed by atoms with van der Waals surface area (Å²) in [7, 11) is 4.81. The third kappa shape index (κ3) is 3.82. The summed E-state index contributed by atoms with van der Waals surface area (Å²) < 4.78 is 10.6. The van der Waals surface area contributed by atoms with E-state index in [-0.39, 0.29) is 24.4 Å². The highest BCUT2D eigenvalue weighted by molar-refractivity contribution is 6.08. The van der Waals surface area contributed by atoms with Crippen LogP contribution in [-0.2, 0) is 16.1 Å². The Balaban J connectivity index is 1.72. The van der Waals surface area contributed by atoms with Gasteiger partial charge in [0.25, 0.3) is 5.91 Å². The average Bonchev–Trinajstić information content (AvgIpc) is 2.93. The fourth-order valence-electron chi connectivity index (χ4n) is 4.48. The number of imide groups is 1. The van der Waals surface area contributed by atoms with Crippen LogP contribution in [0.1, 0.15) is 44.6 Å².